The van der Waals surface area contributed by atoms with Crippen LogP contribution in [-0.2, 0) is 18.9 Å². The van der Waals surface area contributed by atoms with Gasteiger partial charge in [-0.1, -0.05) is 0 Å². The molecule has 1 aliphatic heterocycles. The van der Waals surface area contributed by atoms with Crippen LogP contribution in [0.4, 0.5) is 4.79 Å². The largest absolute Gasteiger partial charge is 0.507 e. The minimum absolute atomic E-state index is 0.0506. The molecule has 1 atom stereocenters. The summed E-state index contributed by atoms with van der Waals surface area (Å²) >= 11 is 0. The first-order valence-electron chi connectivity index (χ1n) is 3.73. The van der Waals surface area contributed by atoms with E-state index in [4.69, 9.17) is 9.47 Å². The summed E-state index contributed by atoms with van der Waals surface area (Å²) < 4.78 is 19.0. The van der Waals surface area contributed by atoms with Crippen LogP contribution in [0.1, 0.15) is 6.42 Å². The molecule has 0 aromatic rings. The van der Waals surface area contributed by atoms with Crippen molar-refractivity contribution in [1.82, 2.24) is 0 Å². The second-order valence-corrected chi connectivity index (χ2v) is 2.37. The van der Waals surface area contributed by atoms with Crippen LogP contribution < -0.4 is 0 Å². The van der Waals surface area contributed by atoms with Gasteiger partial charge in [0.15, 0.2) is 0 Å². The SMILES string of the molecule is COC(=O)OCCC1COCO1. The van der Waals surface area contributed by atoms with Crippen LogP contribution in [0.15, 0.2) is 0 Å². The van der Waals surface area contributed by atoms with Crippen molar-refractivity contribution in [3.8, 4) is 0 Å². The summed E-state index contributed by atoms with van der Waals surface area (Å²) in [7, 11) is 1.28. The van der Waals surface area contributed by atoms with Crippen LogP contribution >= 0.6 is 0 Å². The number of rotatable bonds is 3. The highest BCUT2D eigenvalue weighted by Crippen LogP contribution is 2.06. The Hall–Kier alpha value is -0.810. The van der Waals surface area contributed by atoms with Crippen molar-refractivity contribution < 1.29 is 23.7 Å². The lowest BCUT2D eigenvalue weighted by Gasteiger charge is -2.06. The number of carbonyl (C=O) groups excluding carboxylic acids is 1. The van der Waals surface area contributed by atoms with Gasteiger partial charge in [0.1, 0.15) is 6.79 Å². The van der Waals surface area contributed by atoms with E-state index in [1.54, 1.807) is 0 Å². The quantitative estimate of drug-likeness (QED) is 0.587. The molecule has 1 fully saturated rings. The first kappa shape index (κ1) is 9.28. The maximum Gasteiger partial charge on any atom is 0.507 e. The van der Waals surface area contributed by atoms with Crippen molar-refractivity contribution in [3.05, 3.63) is 0 Å². The molecular weight excluding hydrogens is 164 g/mol. The second-order valence-electron chi connectivity index (χ2n) is 2.37. The second kappa shape index (κ2) is 4.95. The minimum atomic E-state index is -0.658. The molecule has 0 aromatic carbocycles. The lowest BCUT2D eigenvalue weighted by atomic mass is 10.3. The van der Waals surface area contributed by atoms with Crippen molar-refractivity contribution in [2.75, 3.05) is 27.1 Å². The molecule has 70 valence electrons. The Morgan fingerprint density at radius 3 is 3.08 bits per heavy atom. The van der Waals surface area contributed by atoms with Crippen molar-refractivity contribution in [2.24, 2.45) is 0 Å². The fourth-order valence-corrected chi connectivity index (χ4v) is 0.871. The zero-order valence-corrected chi connectivity index (χ0v) is 6.95. The van der Waals surface area contributed by atoms with Gasteiger partial charge in [-0.3, -0.25) is 0 Å². The van der Waals surface area contributed by atoms with Crippen LogP contribution in [0.2, 0.25) is 0 Å². The molecule has 0 aliphatic carbocycles. The van der Waals surface area contributed by atoms with E-state index in [1.807, 2.05) is 0 Å². The standard InChI is InChI=1S/C7H12O5/c1-9-7(8)11-3-2-6-4-10-5-12-6/h6H,2-5H2,1H3. The van der Waals surface area contributed by atoms with Gasteiger partial charge in [-0.25, -0.2) is 4.79 Å². The van der Waals surface area contributed by atoms with Crippen LogP contribution in [0.3, 0.4) is 0 Å². The molecule has 1 rings (SSSR count). The summed E-state index contributed by atoms with van der Waals surface area (Å²) in [6, 6.07) is 0. The summed E-state index contributed by atoms with van der Waals surface area (Å²) in [6.07, 6.45) is 0.0401. The first-order valence-corrected chi connectivity index (χ1v) is 3.73. The Labute approximate surface area is 70.5 Å². The molecule has 1 unspecified atom stereocenters. The number of hydrogen-bond acceptors (Lipinski definition) is 5. The normalized spacial score (nSPS) is 22.2. The number of ether oxygens (including phenoxy) is 4. The highest BCUT2D eigenvalue weighted by molar-refractivity contribution is 5.59. The third kappa shape index (κ3) is 3.06. The average molecular weight is 176 g/mol. The molecule has 1 saturated heterocycles. The van der Waals surface area contributed by atoms with Gasteiger partial charge in [-0.05, 0) is 0 Å². The van der Waals surface area contributed by atoms with Gasteiger partial charge in [-0.15, -0.1) is 0 Å². The highest BCUT2D eigenvalue weighted by Gasteiger charge is 2.16. The molecule has 0 aromatic heterocycles. The van der Waals surface area contributed by atoms with Crippen LogP contribution in [-0.4, -0.2) is 39.4 Å². The average Bonchev–Trinajstić information content (AvgIpc) is 2.57. The molecule has 0 spiro atoms. The maximum atomic E-state index is 10.5. The van der Waals surface area contributed by atoms with Gasteiger partial charge in [-0.2, -0.15) is 0 Å². The van der Waals surface area contributed by atoms with E-state index in [2.05, 4.69) is 9.47 Å². The Morgan fingerprint density at radius 1 is 1.67 bits per heavy atom. The van der Waals surface area contributed by atoms with Gasteiger partial charge in [0.05, 0.1) is 26.4 Å². The minimum Gasteiger partial charge on any atom is -0.438 e. The van der Waals surface area contributed by atoms with E-state index in [-0.39, 0.29) is 6.10 Å². The van der Waals surface area contributed by atoms with E-state index >= 15 is 0 Å². The predicted molar refractivity (Wildman–Crippen MR) is 38.7 cm³/mol. The molecule has 5 heteroatoms. The molecule has 0 N–H and O–H groups in total. The van der Waals surface area contributed by atoms with E-state index in [0.717, 1.165) is 0 Å². The van der Waals surface area contributed by atoms with E-state index in [0.29, 0.717) is 26.4 Å². The van der Waals surface area contributed by atoms with Crippen molar-refractivity contribution in [1.29, 1.82) is 0 Å². The fraction of sp³-hybridized carbons (Fsp3) is 0.857. The smallest absolute Gasteiger partial charge is 0.438 e. The molecular formula is C7H12O5. The molecule has 0 saturated carbocycles. The third-order valence-electron chi connectivity index (χ3n) is 1.52. The van der Waals surface area contributed by atoms with Crippen LogP contribution in [0, 0.1) is 0 Å². The van der Waals surface area contributed by atoms with Crippen molar-refractivity contribution >= 4 is 6.16 Å². The van der Waals surface area contributed by atoms with E-state index < -0.39 is 6.16 Å². The molecule has 0 amide bonds. The zero-order chi connectivity index (χ0) is 8.81. The first-order chi connectivity index (χ1) is 5.83. The maximum absolute atomic E-state index is 10.5. The van der Waals surface area contributed by atoms with Crippen LogP contribution in [0.25, 0.3) is 0 Å². The van der Waals surface area contributed by atoms with E-state index in [9.17, 15) is 4.79 Å². The topological polar surface area (TPSA) is 54.0 Å². The molecule has 0 radical (unpaired) electrons. The van der Waals surface area contributed by atoms with Gasteiger partial charge in [0.2, 0.25) is 0 Å². The summed E-state index contributed by atoms with van der Waals surface area (Å²) in [5, 5.41) is 0. The van der Waals surface area contributed by atoms with Crippen molar-refractivity contribution in [2.45, 2.75) is 12.5 Å². The van der Waals surface area contributed by atoms with Crippen molar-refractivity contribution in [3.63, 3.8) is 0 Å². The van der Waals surface area contributed by atoms with Gasteiger partial charge in [0.25, 0.3) is 0 Å². The Kier molecular flexibility index (Phi) is 3.83. The summed E-state index contributed by atoms with van der Waals surface area (Å²) in [5.41, 5.74) is 0. The molecule has 1 heterocycles. The molecule has 12 heavy (non-hydrogen) atoms. The van der Waals surface area contributed by atoms with E-state index in [1.165, 1.54) is 7.11 Å². The summed E-state index contributed by atoms with van der Waals surface area (Å²) in [4.78, 5) is 10.5. The number of methoxy groups -OCH3 is 1. The van der Waals surface area contributed by atoms with Crippen LogP contribution in [0.5, 0.6) is 0 Å². The predicted octanol–water partition coefficient (Wildman–Crippen LogP) is 0.532. The Morgan fingerprint density at radius 2 is 2.50 bits per heavy atom. The van der Waals surface area contributed by atoms with Gasteiger partial charge < -0.3 is 18.9 Å². The highest BCUT2D eigenvalue weighted by atomic mass is 16.7. The fourth-order valence-electron chi connectivity index (χ4n) is 0.871. The zero-order valence-electron chi connectivity index (χ0n) is 6.95. The summed E-state index contributed by atoms with van der Waals surface area (Å²) in [5.74, 6) is 0. The lowest BCUT2D eigenvalue weighted by molar-refractivity contribution is 0.0301. The molecule has 1 aliphatic rings. The third-order valence-corrected chi connectivity index (χ3v) is 1.52. The lowest BCUT2D eigenvalue weighted by Crippen LogP contribution is -2.15. The number of carbonyl (C=O) groups is 1. The molecule has 0 bridgehead atoms. The number of hydrogen-bond donors (Lipinski definition) is 0. The van der Waals surface area contributed by atoms with Gasteiger partial charge >= 0.3 is 6.16 Å². The van der Waals surface area contributed by atoms with Gasteiger partial charge in [0, 0.05) is 6.42 Å². The Balaban J connectivity index is 1.97. The summed E-state index contributed by atoms with van der Waals surface area (Å²) in [6.45, 7) is 1.22. The molecule has 5 nitrogen and oxygen atoms in total. The Bertz CT molecular complexity index is 141. The monoisotopic (exact) mass is 176 g/mol.